The van der Waals surface area contributed by atoms with Crippen LogP contribution in [-0.4, -0.2) is 48.0 Å². The summed E-state index contributed by atoms with van der Waals surface area (Å²) in [5, 5.41) is 3.60. The maximum absolute atomic E-state index is 14.4. The molecule has 0 bridgehead atoms. The number of aromatic nitrogens is 1. The van der Waals surface area contributed by atoms with E-state index < -0.39 is 11.7 Å². The van der Waals surface area contributed by atoms with E-state index in [9.17, 15) is 14.0 Å². The maximum atomic E-state index is 14.4. The van der Waals surface area contributed by atoms with Gasteiger partial charge in [0.05, 0.1) is 33.1 Å². The minimum atomic E-state index is -0.665. The standard InChI is InChI=1S/C21H18FN3O4S/c1-11-23-17-4-13(2-3-19(17)30-11)28-9-12-7-25(8-12)21(27)14-5-16-18(6-15(14)22)29-10-20(26)24-16/h2-6,12H,7-10H2,1H3,(H,24,26). The molecule has 154 valence electrons. The molecule has 30 heavy (non-hydrogen) atoms. The first-order chi connectivity index (χ1) is 14.5. The minimum Gasteiger partial charge on any atom is -0.493 e. The van der Waals surface area contributed by atoms with Gasteiger partial charge >= 0.3 is 0 Å². The molecule has 0 saturated carbocycles. The molecule has 3 heterocycles. The first-order valence-electron chi connectivity index (χ1n) is 9.52. The van der Waals surface area contributed by atoms with Gasteiger partial charge in [0.1, 0.15) is 17.3 Å². The van der Waals surface area contributed by atoms with Gasteiger partial charge in [-0.25, -0.2) is 9.37 Å². The molecule has 1 fully saturated rings. The second-order valence-electron chi connectivity index (χ2n) is 7.41. The fourth-order valence-corrected chi connectivity index (χ4v) is 4.41. The van der Waals surface area contributed by atoms with Crippen LogP contribution in [0.4, 0.5) is 10.1 Å². The fraction of sp³-hybridized carbons (Fsp3) is 0.286. The van der Waals surface area contributed by atoms with Crippen molar-refractivity contribution in [1.29, 1.82) is 0 Å². The van der Waals surface area contributed by atoms with E-state index >= 15 is 0 Å². The average molecular weight is 427 g/mol. The molecule has 0 radical (unpaired) electrons. The van der Waals surface area contributed by atoms with Crippen LogP contribution in [0, 0.1) is 18.7 Å². The zero-order chi connectivity index (χ0) is 20.8. The van der Waals surface area contributed by atoms with Gasteiger partial charge in [0.15, 0.2) is 6.61 Å². The molecule has 2 aliphatic heterocycles. The average Bonchev–Trinajstić information content (AvgIpc) is 3.05. The van der Waals surface area contributed by atoms with E-state index in [2.05, 4.69) is 10.3 Å². The molecule has 3 aromatic rings. The number of benzene rings is 2. The van der Waals surface area contributed by atoms with Crippen molar-refractivity contribution in [2.24, 2.45) is 5.92 Å². The Morgan fingerprint density at radius 1 is 1.37 bits per heavy atom. The summed E-state index contributed by atoms with van der Waals surface area (Å²) in [6.07, 6.45) is 0. The summed E-state index contributed by atoms with van der Waals surface area (Å²) in [5.74, 6) is -0.266. The molecule has 2 amide bonds. The van der Waals surface area contributed by atoms with Gasteiger partial charge in [-0.05, 0) is 25.1 Å². The van der Waals surface area contributed by atoms with Crippen LogP contribution in [0.15, 0.2) is 30.3 Å². The number of rotatable bonds is 4. The number of nitrogens with zero attached hydrogens (tertiary/aromatic N) is 2. The van der Waals surface area contributed by atoms with Gasteiger partial charge in [0.25, 0.3) is 11.8 Å². The Hall–Kier alpha value is -3.20. The topological polar surface area (TPSA) is 80.8 Å². The molecule has 7 nitrogen and oxygen atoms in total. The summed E-state index contributed by atoms with van der Waals surface area (Å²) < 4.78 is 26.5. The predicted octanol–water partition coefficient (Wildman–Crippen LogP) is 3.23. The molecule has 1 saturated heterocycles. The summed E-state index contributed by atoms with van der Waals surface area (Å²) in [7, 11) is 0. The number of amides is 2. The number of carbonyl (C=O) groups excluding carboxylic acids is 2. The highest BCUT2D eigenvalue weighted by Crippen LogP contribution is 2.32. The van der Waals surface area contributed by atoms with Crippen molar-refractivity contribution in [1.82, 2.24) is 9.88 Å². The molecule has 2 aliphatic rings. The summed E-state index contributed by atoms with van der Waals surface area (Å²) >= 11 is 1.64. The van der Waals surface area contributed by atoms with Crippen molar-refractivity contribution in [3.05, 3.63) is 46.7 Å². The van der Waals surface area contributed by atoms with Crippen molar-refractivity contribution >= 4 is 39.1 Å². The van der Waals surface area contributed by atoms with E-state index in [1.807, 2.05) is 25.1 Å². The normalized spacial score (nSPS) is 15.9. The van der Waals surface area contributed by atoms with E-state index in [-0.39, 0.29) is 29.7 Å². The molecule has 0 atom stereocenters. The van der Waals surface area contributed by atoms with Crippen LogP contribution in [0.2, 0.25) is 0 Å². The SMILES string of the molecule is Cc1nc2cc(OCC3CN(C(=O)c4cc5c(cc4F)OCC(=O)N5)C3)ccc2s1. The van der Waals surface area contributed by atoms with E-state index in [4.69, 9.17) is 9.47 Å². The molecular formula is C21H18FN3O4S. The zero-order valence-electron chi connectivity index (χ0n) is 16.1. The third kappa shape index (κ3) is 3.45. The number of aryl methyl sites for hydroxylation is 1. The van der Waals surface area contributed by atoms with Gasteiger partial charge in [-0.2, -0.15) is 0 Å². The molecule has 0 spiro atoms. The number of halogens is 1. The van der Waals surface area contributed by atoms with Crippen LogP contribution in [0.1, 0.15) is 15.4 Å². The van der Waals surface area contributed by atoms with Gasteiger partial charge in [0.2, 0.25) is 0 Å². The first-order valence-corrected chi connectivity index (χ1v) is 10.3. The second kappa shape index (κ2) is 7.24. The Bertz CT molecular complexity index is 1170. The Morgan fingerprint density at radius 3 is 3.03 bits per heavy atom. The summed E-state index contributed by atoms with van der Waals surface area (Å²) in [6, 6.07) is 8.30. The predicted molar refractivity (Wildman–Crippen MR) is 110 cm³/mol. The van der Waals surface area contributed by atoms with E-state index in [0.717, 1.165) is 27.0 Å². The molecule has 1 aromatic heterocycles. The van der Waals surface area contributed by atoms with Crippen molar-refractivity contribution in [3.8, 4) is 11.5 Å². The molecule has 9 heteroatoms. The Balaban J connectivity index is 1.19. The highest BCUT2D eigenvalue weighted by atomic mass is 32.1. The number of thiazole rings is 1. The lowest BCUT2D eigenvalue weighted by Crippen LogP contribution is -2.52. The molecule has 2 aromatic carbocycles. The summed E-state index contributed by atoms with van der Waals surface area (Å²) in [6.45, 7) is 3.24. The largest absolute Gasteiger partial charge is 0.493 e. The molecular weight excluding hydrogens is 409 g/mol. The van der Waals surface area contributed by atoms with Crippen molar-refractivity contribution in [2.75, 3.05) is 31.6 Å². The highest BCUT2D eigenvalue weighted by Gasteiger charge is 2.33. The first kappa shape index (κ1) is 18.8. The highest BCUT2D eigenvalue weighted by molar-refractivity contribution is 7.18. The van der Waals surface area contributed by atoms with E-state index in [1.165, 1.54) is 6.07 Å². The number of ether oxygens (including phenoxy) is 2. The summed E-state index contributed by atoms with van der Waals surface area (Å²) in [4.78, 5) is 30.2. The maximum Gasteiger partial charge on any atom is 0.262 e. The van der Waals surface area contributed by atoms with Gasteiger partial charge in [-0.15, -0.1) is 11.3 Å². The molecule has 5 rings (SSSR count). The number of likely N-dealkylation sites (tertiary alicyclic amines) is 1. The smallest absolute Gasteiger partial charge is 0.262 e. The number of fused-ring (bicyclic) bond motifs is 2. The number of hydrogen-bond acceptors (Lipinski definition) is 6. The lowest BCUT2D eigenvalue weighted by molar-refractivity contribution is -0.118. The minimum absolute atomic E-state index is 0.0803. The van der Waals surface area contributed by atoms with Gasteiger partial charge in [-0.1, -0.05) is 0 Å². The Morgan fingerprint density at radius 2 is 2.20 bits per heavy atom. The van der Waals surface area contributed by atoms with Crippen LogP contribution >= 0.6 is 11.3 Å². The third-order valence-electron chi connectivity index (χ3n) is 5.13. The van der Waals surface area contributed by atoms with Gasteiger partial charge in [-0.3, -0.25) is 9.59 Å². The van der Waals surface area contributed by atoms with Crippen LogP contribution in [0.5, 0.6) is 11.5 Å². The zero-order valence-corrected chi connectivity index (χ0v) is 16.9. The lowest BCUT2D eigenvalue weighted by Gasteiger charge is -2.39. The number of carbonyl (C=O) groups is 2. The van der Waals surface area contributed by atoms with Crippen LogP contribution < -0.4 is 14.8 Å². The second-order valence-corrected chi connectivity index (χ2v) is 8.65. The Kier molecular flexibility index (Phi) is 4.54. The van der Waals surface area contributed by atoms with Crippen molar-refractivity contribution in [2.45, 2.75) is 6.92 Å². The quantitative estimate of drug-likeness (QED) is 0.692. The van der Waals surface area contributed by atoms with Crippen molar-refractivity contribution in [3.63, 3.8) is 0 Å². The van der Waals surface area contributed by atoms with Gasteiger partial charge in [0, 0.05) is 31.1 Å². The number of anilines is 1. The summed E-state index contributed by atoms with van der Waals surface area (Å²) in [5.41, 5.74) is 1.15. The molecule has 1 N–H and O–H groups in total. The molecule has 0 unspecified atom stereocenters. The van der Waals surface area contributed by atoms with E-state index in [0.29, 0.717) is 25.4 Å². The van der Waals surface area contributed by atoms with Crippen LogP contribution in [-0.2, 0) is 4.79 Å². The van der Waals surface area contributed by atoms with Crippen LogP contribution in [0.3, 0.4) is 0 Å². The number of nitrogens with one attached hydrogen (secondary N) is 1. The monoisotopic (exact) mass is 427 g/mol. The molecule has 0 aliphatic carbocycles. The lowest BCUT2D eigenvalue weighted by atomic mass is 9.99. The van der Waals surface area contributed by atoms with Crippen LogP contribution in [0.25, 0.3) is 10.2 Å². The Labute approximate surface area is 175 Å². The van der Waals surface area contributed by atoms with E-state index in [1.54, 1.807) is 16.2 Å². The fourth-order valence-electron chi connectivity index (χ4n) is 3.60. The third-order valence-corrected chi connectivity index (χ3v) is 6.08. The number of hydrogen-bond donors (Lipinski definition) is 1. The van der Waals surface area contributed by atoms with Crippen molar-refractivity contribution < 1.29 is 23.5 Å². The van der Waals surface area contributed by atoms with Gasteiger partial charge < -0.3 is 19.7 Å².